The second-order valence-electron chi connectivity index (χ2n) is 3.70. The fraction of sp³-hybridized carbons (Fsp3) is 0.200. The molecule has 0 aromatic carbocycles. The Morgan fingerprint density at radius 3 is 2.94 bits per heavy atom. The van der Waals surface area contributed by atoms with Crippen molar-refractivity contribution in [3.8, 4) is 10.6 Å². The van der Waals surface area contributed by atoms with Crippen LogP contribution in [0.5, 0.6) is 0 Å². The van der Waals surface area contributed by atoms with Crippen LogP contribution < -0.4 is 11.1 Å². The van der Waals surface area contributed by atoms with Crippen LogP contribution in [0.25, 0.3) is 10.6 Å². The van der Waals surface area contributed by atoms with E-state index in [-0.39, 0.29) is 6.61 Å². The van der Waals surface area contributed by atoms with Crippen molar-refractivity contribution in [1.29, 1.82) is 0 Å². The average molecular weight is 264 g/mol. The van der Waals surface area contributed by atoms with Crippen molar-refractivity contribution in [2.75, 3.05) is 5.73 Å². The number of hydrogen-bond donors (Lipinski definition) is 3. The fourth-order valence-corrected chi connectivity index (χ4v) is 1.99. The molecule has 0 saturated heterocycles. The predicted molar refractivity (Wildman–Crippen MR) is 71.5 cm³/mol. The van der Waals surface area contributed by atoms with Crippen molar-refractivity contribution in [2.24, 2.45) is 0 Å². The highest BCUT2D eigenvalue weighted by Crippen LogP contribution is 2.23. The van der Waals surface area contributed by atoms with E-state index in [0.29, 0.717) is 5.82 Å². The van der Waals surface area contributed by atoms with Crippen LogP contribution in [0.1, 0.15) is 5.69 Å². The lowest BCUT2D eigenvalue weighted by Gasteiger charge is -2.05. The molecule has 0 bridgehead atoms. The van der Waals surface area contributed by atoms with Crippen LogP contribution in [-0.4, -0.2) is 22.0 Å². The molecule has 2 aromatic rings. The number of aromatic nitrogens is 2. The second-order valence-corrected chi connectivity index (χ2v) is 4.56. The predicted octanol–water partition coefficient (Wildman–Crippen LogP) is 0.919. The van der Waals surface area contributed by atoms with Crippen LogP contribution >= 0.6 is 11.3 Å². The van der Waals surface area contributed by atoms with Gasteiger partial charge in [0.2, 0.25) is 0 Å². The van der Waals surface area contributed by atoms with Gasteiger partial charge < -0.3 is 15.6 Å². The lowest BCUT2D eigenvalue weighted by Crippen LogP contribution is -2.30. The number of nitrogens with one attached hydrogen (secondary N) is 1. The topological polar surface area (TPSA) is 93.3 Å². The van der Waals surface area contributed by atoms with E-state index in [1.54, 1.807) is 18.4 Å². The Bertz CT molecular complexity index is 503. The first-order valence-corrected chi connectivity index (χ1v) is 6.25. The molecule has 0 atom stereocenters. The van der Waals surface area contributed by atoms with Crippen molar-refractivity contribution in [3.05, 3.63) is 29.4 Å². The Balaban J connectivity index is 1.97. The number of anilines is 1. The maximum Gasteiger partial charge on any atom is 0.398 e. The maximum absolute atomic E-state index is 8.95. The van der Waals surface area contributed by atoms with Gasteiger partial charge in [-0.1, -0.05) is 0 Å². The van der Waals surface area contributed by atoms with E-state index in [4.69, 9.17) is 15.6 Å². The lowest BCUT2D eigenvalue weighted by atomic mass is 9.92. The van der Waals surface area contributed by atoms with E-state index in [2.05, 4.69) is 15.4 Å². The Morgan fingerprint density at radius 1 is 1.56 bits per heavy atom. The molecule has 0 spiro atoms. The Kier molecular flexibility index (Phi) is 4.26. The van der Waals surface area contributed by atoms with E-state index in [1.807, 2.05) is 12.1 Å². The zero-order valence-electron chi connectivity index (χ0n) is 9.83. The molecule has 0 aliphatic rings. The summed E-state index contributed by atoms with van der Waals surface area (Å²) in [5.74, 6) is 0.517. The van der Waals surface area contributed by atoms with Gasteiger partial charge in [-0.15, -0.1) is 11.3 Å². The summed E-state index contributed by atoms with van der Waals surface area (Å²) in [4.78, 5) is 13.5. The van der Waals surface area contributed by atoms with E-state index < -0.39 is 7.05 Å². The summed E-state index contributed by atoms with van der Waals surface area (Å²) in [6.45, 7) is 1.86. The number of nitrogens with two attached hydrogens (primary N) is 1. The number of nitrogens with zero attached hydrogens (tertiary/aromatic N) is 2. The van der Waals surface area contributed by atoms with E-state index in [1.165, 1.54) is 11.3 Å². The molecular weight excluding hydrogens is 251 g/mol. The zero-order chi connectivity index (χ0) is 13.0. The maximum atomic E-state index is 8.95. The molecule has 2 aromatic heterocycles. The highest BCUT2D eigenvalue weighted by atomic mass is 32.1. The molecule has 94 valence electrons. The highest BCUT2D eigenvalue weighted by Gasteiger charge is 2.05. The molecule has 8 heteroatoms. The minimum atomic E-state index is -0.706. The van der Waals surface area contributed by atoms with Gasteiger partial charge in [0, 0.05) is 17.1 Å². The molecule has 2 heterocycles. The molecule has 0 saturated carbocycles. The normalized spacial score (nSPS) is 10.6. The molecular formula is C10H13BN4O2S. The molecule has 18 heavy (non-hydrogen) atoms. The summed E-state index contributed by atoms with van der Waals surface area (Å²) in [5, 5.41) is 14.0. The fourth-order valence-electron chi connectivity index (χ4n) is 1.29. The van der Waals surface area contributed by atoms with Crippen LogP contribution in [0.2, 0.25) is 6.82 Å². The van der Waals surface area contributed by atoms with E-state index >= 15 is 0 Å². The van der Waals surface area contributed by atoms with Crippen LogP contribution in [-0.2, 0) is 11.4 Å². The highest BCUT2D eigenvalue weighted by molar-refractivity contribution is 7.13. The zero-order valence-corrected chi connectivity index (χ0v) is 10.6. The van der Waals surface area contributed by atoms with Gasteiger partial charge in [-0.05, 0) is 19.0 Å². The summed E-state index contributed by atoms with van der Waals surface area (Å²) >= 11 is 1.48. The molecule has 6 nitrogen and oxygen atoms in total. The second kappa shape index (κ2) is 5.92. The lowest BCUT2D eigenvalue weighted by molar-refractivity contribution is 0.0654. The van der Waals surface area contributed by atoms with Crippen molar-refractivity contribution in [3.63, 3.8) is 0 Å². The van der Waals surface area contributed by atoms with E-state index in [9.17, 15) is 0 Å². The molecule has 0 radical (unpaired) electrons. The summed E-state index contributed by atoms with van der Waals surface area (Å²) in [6.07, 6.45) is 1.72. The monoisotopic (exact) mass is 264 g/mol. The average Bonchev–Trinajstić information content (AvgIpc) is 2.76. The molecule has 0 fully saturated rings. The standard InChI is InChI=1S/C10H13BN4O2S/c1-11(16)15-17-5-8-3-2-7(4-13-8)10-14-9(12)6-18-10/h2-4,6,15-16H,5,12H2,1H3. The van der Waals surface area contributed by atoms with E-state index in [0.717, 1.165) is 16.3 Å². The van der Waals surface area contributed by atoms with Gasteiger partial charge in [0.05, 0.1) is 5.69 Å². The third kappa shape index (κ3) is 3.51. The van der Waals surface area contributed by atoms with Gasteiger partial charge in [0.25, 0.3) is 0 Å². The third-order valence-corrected chi connectivity index (χ3v) is 2.98. The number of thiazole rings is 1. The van der Waals surface area contributed by atoms with Gasteiger partial charge in [-0.2, -0.15) is 0 Å². The van der Waals surface area contributed by atoms with Crippen molar-refractivity contribution in [2.45, 2.75) is 13.4 Å². The Labute approximate surface area is 109 Å². The van der Waals surface area contributed by atoms with Crippen LogP contribution in [0.3, 0.4) is 0 Å². The molecule has 4 N–H and O–H groups in total. The quantitative estimate of drug-likeness (QED) is 0.549. The smallest absolute Gasteiger partial charge is 0.398 e. The van der Waals surface area contributed by atoms with Crippen molar-refractivity contribution >= 4 is 24.2 Å². The summed E-state index contributed by atoms with van der Waals surface area (Å²) < 4.78 is 0. The minimum Gasteiger partial charge on any atom is -0.436 e. The van der Waals surface area contributed by atoms with Crippen LogP contribution in [0.4, 0.5) is 5.82 Å². The molecule has 2 rings (SSSR count). The van der Waals surface area contributed by atoms with Gasteiger partial charge in [0.15, 0.2) is 0 Å². The molecule has 0 amide bonds. The molecule has 0 aliphatic carbocycles. The number of rotatable bonds is 5. The number of nitrogen functional groups attached to an aromatic ring is 1. The Morgan fingerprint density at radius 2 is 2.39 bits per heavy atom. The number of pyridine rings is 1. The van der Waals surface area contributed by atoms with Gasteiger partial charge in [-0.25, -0.2) is 10.4 Å². The first-order chi connectivity index (χ1) is 8.65. The van der Waals surface area contributed by atoms with Crippen LogP contribution in [0, 0.1) is 0 Å². The van der Waals surface area contributed by atoms with Gasteiger partial charge in [-0.3, -0.25) is 4.98 Å². The van der Waals surface area contributed by atoms with Gasteiger partial charge in [0.1, 0.15) is 17.4 Å². The minimum absolute atomic E-state index is 0.283. The molecule has 0 unspecified atom stereocenters. The first-order valence-electron chi connectivity index (χ1n) is 5.37. The van der Waals surface area contributed by atoms with Crippen LogP contribution in [0.15, 0.2) is 23.7 Å². The largest absolute Gasteiger partial charge is 0.436 e. The first kappa shape index (κ1) is 13.0. The Hall–Kier alpha value is -1.48. The summed E-state index contributed by atoms with van der Waals surface area (Å²) in [5.41, 5.74) is 7.25. The summed E-state index contributed by atoms with van der Waals surface area (Å²) in [7, 11) is -0.706. The van der Waals surface area contributed by atoms with Gasteiger partial charge >= 0.3 is 7.05 Å². The van der Waals surface area contributed by atoms with Crippen molar-refractivity contribution in [1.82, 2.24) is 15.4 Å². The van der Waals surface area contributed by atoms with Crippen molar-refractivity contribution < 1.29 is 9.86 Å². The molecule has 0 aliphatic heterocycles. The SMILES string of the molecule is CB(O)NOCc1ccc(-c2nc(N)cs2)cn1. The number of hydrogen-bond acceptors (Lipinski definition) is 7. The third-order valence-electron chi connectivity index (χ3n) is 2.07. The summed E-state index contributed by atoms with van der Waals surface area (Å²) in [6, 6.07) is 3.75.